The third kappa shape index (κ3) is 6.75. The second kappa shape index (κ2) is 10.8. The van der Waals surface area contributed by atoms with Gasteiger partial charge in [-0.1, -0.05) is 38.4 Å². The molecule has 1 aliphatic carbocycles. The lowest BCUT2D eigenvalue weighted by atomic mass is 9.90. The highest BCUT2D eigenvalue weighted by Gasteiger charge is 2.34. The molecule has 202 valence electrons. The second-order valence-corrected chi connectivity index (χ2v) is 11.1. The zero-order valence-electron chi connectivity index (χ0n) is 21.4. The Balaban J connectivity index is 1.39. The lowest BCUT2D eigenvalue weighted by Crippen LogP contribution is -2.40. The monoisotopic (exact) mass is 546 g/mol. The van der Waals surface area contributed by atoms with Gasteiger partial charge in [0, 0.05) is 44.8 Å². The van der Waals surface area contributed by atoms with Crippen molar-refractivity contribution in [1.29, 1.82) is 0 Å². The molecule has 0 atom stereocenters. The highest BCUT2D eigenvalue weighted by molar-refractivity contribution is 6.31. The van der Waals surface area contributed by atoms with Crippen LogP contribution in [-0.4, -0.2) is 28.9 Å². The zero-order valence-corrected chi connectivity index (χ0v) is 22.1. The maximum atomic E-state index is 13.4. The largest absolute Gasteiger partial charge is 0.433 e. The van der Waals surface area contributed by atoms with E-state index in [9.17, 15) is 22.8 Å². The molecular weight excluding hydrogens is 517 g/mol. The number of halogens is 4. The molecule has 1 saturated carbocycles. The van der Waals surface area contributed by atoms with E-state index >= 15 is 0 Å². The maximum Gasteiger partial charge on any atom is 0.433 e. The number of hydrogen-bond donors (Lipinski definition) is 3. The van der Waals surface area contributed by atoms with Crippen molar-refractivity contribution in [2.75, 3.05) is 10.6 Å². The summed E-state index contributed by atoms with van der Waals surface area (Å²) in [5.41, 5.74) is 0.0236. The number of nitrogens with one attached hydrogen (secondary N) is 3. The molecule has 3 N–H and O–H groups in total. The van der Waals surface area contributed by atoms with Gasteiger partial charge in [-0.25, -0.2) is 4.98 Å². The summed E-state index contributed by atoms with van der Waals surface area (Å²) >= 11 is 6.10. The molecule has 0 unspecified atom stereocenters. The number of fused-ring (bicyclic) bond motifs is 1. The quantitative estimate of drug-likeness (QED) is 0.320. The number of aromatic nitrogens is 1. The van der Waals surface area contributed by atoms with E-state index in [-0.39, 0.29) is 29.4 Å². The van der Waals surface area contributed by atoms with E-state index in [0.29, 0.717) is 53.0 Å². The van der Waals surface area contributed by atoms with Gasteiger partial charge in [-0.3, -0.25) is 9.59 Å². The van der Waals surface area contributed by atoms with Gasteiger partial charge in [-0.15, -0.1) is 0 Å². The van der Waals surface area contributed by atoms with Gasteiger partial charge in [-0.2, -0.15) is 13.2 Å². The number of nitrogens with zero attached hydrogens (tertiary/aromatic N) is 1. The Bertz CT molecular complexity index is 1350. The summed E-state index contributed by atoms with van der Waals surface area (Å²) in [7, 11) is 0. The predicted octanol–water partition coefficient (Wildman–Crippen LogP) is 7.04. The molecule has 3 aromatic rings. The minimum Gasteiger partial charge on any atom is -0.382 e. The van der Waals surface area contributed by atoms with Crippen LogP contribution in [0.15, 0.2) is 48.5 Å². The van der Waals surface area contributed by atoms with Gasteiger partial charge in [0.1, 0.15) is 5.69 Å². The second-order valence-electron chi connectivity index (χ2n) is 10.7. The summed E-state index contributed by atoms with van der Waals surface area (Å²) < 4.78 is 40.3. The Morgan fingerprint density at radius 3 is 2.29 bits per heavy atom. The average molecular weight is 547 g/mol. The predicted molar refractivity (Wildman–Crippen MR) is 143 cm³/mol. The van der Waals surface area contributed by atoms with Crippen LogP contribution in [0, 0.1) is 5.41 Å². The van der Waals surface area contributed by atoms with E-state index < -0.39 is 17.3 Å². The molecular formula is C28H30ClF3N4O2. The topological polar surface area (TPSA) is 83.1 Å². The molecule has 2 aromatic carbocycles. The first-order chi connectivity index (χ1) is 17.8. The number of anilines is 2. The number of carbonyl (C=O) groups excluding carboxylic acids is 2. The molecule has 1 aromatic heterocycles. The highest BCUT2D eigenvalue weighted by atomic mass is 35.5. The summed E-state index contributed by atoms with van der Waals surface area (Å²) in [4.78, 5) is 28.9. The van der Waals surface area contributed by atoms with Crippen LogP contribution in [0.1, 0.15) is 62.5 Å². The van der Waals surface area contributed by atoms with Crippen molar-refractivity contribution in [2.24, 2.45) is 5.41 Å². The molecule has 0 bridgehead atoms. The molecule has 6 nitrogen and oxygen atoms in total. The molecule has 0 spiro atoms. The summed E-state index contributed by atoms with van der Waals surface area (Å²) in [6, 6.07) is 12.3. The molecule has 0 radical (unpaired) electrons. The van der Waals surface area contributed by atoms with E-state index in [0.717, 1.165) is 6.07 Å². The van der Waals surface area contributed by atoms with Crippen molar-refractivity contribution in [3.8, 4) is 0 Å². The van der Waals surface area contributed by atoms with E-state index in [2.05, 4.69) is 20.9 Å². The van der Waals surface area contributed by atoms with Gasteiger partial charge in [0.05, 0.1) is 5.52 Å². The van der Waals surface area contributed by atoms with E-state index in [1.54, 1.807) is 30.3 Å². The van der Waals surface area contributed by atoms with Gasteiger partial charge >= 0.3 is 6.18 Å². The molecule has 1 heterocycles. The normalized spacial score (nSPS) is 18.2. The van der Waals surface area contributed by atoms with E-state index in [4.69, 9.17) is 11.6 Å². The minimum absolute atomic E-state index is 0.0650. The number of pyridine rings is 1. The lowest BCUT2D eigenvalue weighted by molar-refractivity contribution is -0.140. The average Bonchev–Trinajstić information content (AvgIpc) is 2.84. The smallest absolute Gasteiger partial charge is 0.382 e. The Kier molecular flexibility index (Phi) is 7.88. The lowest BCUT2D eigenvalue weighted by Gasteiger charge is -2.31. The van der Waals surface area contributed by atoms with Crippen LogP contribution in [0.2, 0.25) is 5.02 Å². The van der Waals surface area contributed by atoms with Crippen LogP contribution >= 0.6 is 11.6 Å². The third-order valence-corrected chi connectivity index (χ3v) is 6.78. The van der Waals surface area contributed by atoms with Crippen molar-refractivity contribution in [3.63, 3.8) is 0 Å². The SMILES string of the molecule is CC(C)(C)C(=O)Nc1cccc(C(=O)N[C@H]2CC[C@@H](Nc3cc(C(F)(F)F)nc4ccc(Cl)cc34)CC2)c1. The first-order valence-corrected chi connectivity index (χ1v) is 12.8. The first-order valence-electron chi connectivity index (χ1n) is 12.5. The Labute approximate surface area is 224 Å². The van der Waals surface area contributed by atoms with E-state index in [1.807, 2.05) is 20.8 Å². The highest BCUT2D eigenvalue weighted by Crippen LogP contribution is 2.35. The summed E-state index contributed by atoms with van der Waals surface area (Å²) in [6.07, 6.45) is -1.91. The van der Waals surface area contributed by atoms with Crippen LogP contribution in [-0.2, 0) is 11.0 Å². The number of rotatable bonds is 5. The van der Waals surface area contributed by atoms with Crippen LogP contribution in [0.25, 0.3) is 10.9 Å². The van der Waals surface area contributed by atoms with Gasteiger partial charge in [-0.05, 0) is 68.1 Å². The van der Waals surface area contributed by atoms with Gasteiger partial charge in [0.15, 0.2) is 0 Å². The van der Waals surface area contributed by atoms with Gasteiger partial charge in [0.2, 0.25) is 5.91 Å². The molecule has 1 aliphatic rings. The zero-order chi connectivity index (χ0) is 27.7. The van der Waals surface area contributed by atoms with Crippen molar-refractivity contribution < 1.29 is 22.8 Å². The number of alkyl halides is 3. The minimum atomic E-state index is -4.57. The Morgan fingerprint density at radius 1 is 0.947 bits per heavy atom. The fourth-order valence-corrected chi connectivity index (χ4v) is 4.56. The van der Waals surface area contributed by atoms with Gasteiger partial charge < -0.3 is 16.0 Å². The molecule has 0 aliphatic heterocycles. The van der Waals surface area contributed by atoms with E-state index in [1.165, 1.54) is 12.1 Å². The molecule has 0 saturated heterocycles. The van der Waals surface area contributed by atoms with Crippen LogP contribution < -0.4 is 16.0 Å². The van der Waals surface area contributed by atoms with Gasteiger partial charge in [0.25, 0.3) is 5.91 Å². The van der Waals surface area contributed by atoms with Crippen LogP contribution in [0.5, 0.6) is 0 Å². The number of amides is 2. The fraction of sp³-hybridized carbons (Fsp3) is 0.393. The molecule has 4 rings (SSSR count). The Morgan fingerprint density at radius 2 is 1.63 bits per heavy atom. The van der Waals surface area contributed by atoms with Crippen molar-refractivity contribution in [1.82, 2.24) is 10.3 Å². The van der Waals surface area contributed by atoms with Crippen molar-refractivity contribution >= 4 is 45.7 Å². The summed E-state index contributed by atoms with van der Waals surface area (Å²) in [5, 5.41) is 10.1. The summed E-state index contributed by atoms with van der Waals surface area (Å²) in [5.74, 6) is -0.384. The summed E-state index contributed by atoms with van der Waals surface area (Å²) in [6.45, 7) is 5.43. The van der Waals surface area contributed by atoms with Crippen LogP contribution in [0.3, 0.4) is 0 Å². The van der Waals surface area contributed by atoms with Crippen molar-refractivity contribution in [3.05, 3.63) is 64.8 Å². The molecule has 2 amide bonds. The van der Waals surface area contributed by atoms with Crippen LogP contribution in [0.4, 0.5) is 24.5 Å². The third-order valence-electron chi connectivity index (χ3n) is 6.55. The molecule has 38 heavy (non-hydrogen) atoms. The number of carbonyl (C=O) groups is 2. The standard InChI is InChI=1S/C28H30ClF3N4O2/c1-27(2,3)26(38)35-20-6-4-5-16(13-20)25(37)34-19-10-8-18(9-11-19)33-23-15-24(28(30,31)32)36-22-12-7-17(29)14-21(22)23/h4-7,12-15,18-19H,8-11H2,1-3H3,(H,33,36)(H,34,37)(H,35,38)/t18-,19+. The Hall–Kier alpha value is -3.33. The molecule has 10 heteroatoms. The first kappa shape index (κ1) is 27.7. The van der Waals surface area contributed by atoms with Crippen molar-refractivity contribution in [2.45, 2.75) is 64.7 Å². The number of benzene rings is 2. The fourth-order valence-electron chi connectivity index (χ4n) is 4.39. The molecule has 1 fully saturated rings. The maximum absolute atomic E-state index is 13.4. The number of hydrogen-bond acceptors (Lipinski definition) is 4.